The first kappa shape index (κ1) is 14.7. The van der Waals surface area contributed by atoms with Crippen LogP contribution in [0.2, 0.25) is 0 Å². The van der Waals surface area contributed by atoms with Crippen LogP contribution in [0.15, 0.2) is 12.4 Å². The van der Waals surface area contributed by atoms with E-state index in [1.54, 1.807) is 7.11 Å². The van der Waals surface area contributed by atoms with Gasteiger partial charge in [0.15, 0.2) is 0 Å². The largest absolute Gasteiger partial charge is 0.475 e. The van der Waals surface area contributed by atoms with Gasteiger partial charge in [-0.15, -0.1) is 0 Å². The average molecular weight is 253 g/mol. The molecular formula is C13H23N3O2. The van der Waals surface area contributed by atoms with Crippen LogP contribution in [0, 0.1) is 0 Å². The number of methoxy groups -OCH3 is 1. The fourth-order valence-corrected chi connectivity index (χ4v) is 1.68. The topological polar surface area (TPSA) is 56.3 Å². The molecule has 0 bridgehead atoms. The van der Waals surface area contributed by atoms with Gasteiger partial charge in [-0.25, -0.2) is 9.97 Å². The van der Waals surface area contributed by atoms with E-state index in [4.69, 9.17) is 9.47 Å². The molecule has 1 atom stereocenters. The van der Waals surface area contributed by atoms with Crippen molar-refractivity contribution in [3.63, 3.8) is 0 Å². The highest BCUT2D eigenvalue weighted by atomic mass is 16.5. The number of ether oxygens (including phenoxy) is 2. The molecule has 1 unspecified atom stereocenters. The Morgan fingerprint density at radius 1 is 1.33 bits per heavy atom. The first-order chi connectivity index (χ1) is 8.65. The van der Waals surface area contributed by atoms with Gasteiger partial charge in [-0.3, -0.25) is 0 Å². The van der Waals surface area contributed by atoms with Crippen LogP contribution in [0.1, 0.15) is 33.6 Å². The first-order valence-corrected chi connectivity index (χ1v) is 6.39. The summed E-state index contributed by atoms with van der Waals surface area (Å²) in [6.45, 7) is 6.76. The minimum Gasteiger partial charge on any atom is -0.475 e. The van der Waals surface area contributed by atoms with Crippen molar-refractivity contribution in [2.45, 2.75) is 45.8 Å². The zero-order valence-electron chi connectivity index (χ0n) is 11.6. The van der Waals surface area contributed by atoms with Crippen molar-refractivity contribution in [2.75, 3.05) is 19.0 Å². The Bertz CT molecular complexity index is 339. The predicted octanol–water partition coefficient (Wildman–Crippen LogP) is 2.49. The number of hydrogen-bond acceptors (Lipinski definition) is 5. The van der Waals surface area contributed by atoms with Gasteiger partial charge in [-0.05, 0) is 20.3 Å². The number of hydrogen-bond donors (Lipinski definition) is 1. The molecule has 0 amide bonds. The molecule has 102 valence electrons. The van der Waals surface area contributed by atoms with Crippen molar-refractivity contribution in [2.24, 2.45) is 0 Å². The van der Waals surface area contributed by atoms with Crippen molar-refractivity contribution in [1.82, 2.24) is 9.97 Å². The molecule has 1 aromatic heterocycles. The maximum atomic E-state index is 5.53. The van der Waals surface area contributed by atoms with Gasteiger partial charge in [-0.2, -0.15) is 0 Å². The van der Waals surface area contributed by atoms with Gasteiger partial charge >= 0.3 is 0 Å². The van der Waals surface area contributed by atoms with Gasteiger partial charge in [0.1, 0.15) is 12.1 Å². The third-order valence-corrected chi connectivity index (χ3v) is 2.36. The lowest BCUT2D eigenvalue weighted by Crippen LogP contribution is -2.25. The Balaban J connectivity index is 2.64. The highest BCUT2D eigenvalue weighted by Crippen LogP contribution is 2.14. The number of nitrogens with one attached hydrogen (secondary N) is 1. The molecule has 18 heavy (non-hydrogen) atoms. The summed E-state index contributed by atoms with van der Waals surface area (Å²) in [6, 6.07) is 2.08. The summed E-state index contributed by atoms with van der Waals surface area (Å²) in [4.78, 5) is 8.27. The fraction of sp³-hybridized carbons (Fsp3) is 0.692. The van der Waals surface area contributed by atoms with Crippen LogP contribution in [-0.4, -0.2) is 35.8 Å². The number of nitrogens with zero attached hydrogens (tertiary/aromatic N) is 2. The average Bonchev–Trinajstić information content (AvgIpc) is 2.29. The van der Waals surface area contributed by atoms with Crippen LogP contribution < -0.4 is 10.1 Å². The summed E-state index contributed by atoms with van der Waals surface area (Å²) >= 11 is 0. The van der Waals surface area contributed by atoms with E-state index < -0.39 is 0 Å². The van der Waals surface area contributed by atoms with Crippen molar-refractivity contribution in [3.05, 3.63) is 12.4 Å². The number of anilines is 1. The van der Waals surface area contributed by atoms with Crippen molar-refractivity contribution < 1.29 is 9.47 Å². The molecule has 1 rings (SSSR count). The first-order valence-electron chi connectivity index (χ1n) is 6.39. The number of aromatic nitrogens is 2. The molecule has 1 aromatic rings. The molecule has 1 N–H and O–H groups in total. The fourth-order valence-electron chi connectivity index (χ4n) is 1.68. The summed E-state index contributed by atoms with van der Waals surface area (Å²) in [7, 11) is 1.71. The lowest BCUT2D eigenvalue weighted by atomic mass is 10.2. The van der Waals surface area contributed by atoms with E-state index in [0.29, 0.717) is 12.5 Å². The van der Waals surface area contributed by atoms with Gasteiger partial charge in [0, 0.05) is 13.2 Å². The molecule has 0 saturated carbocycles. The van der Waals surface area contributed by atoms with Gasteiger partial charge in [-0.1, -0.05) is 13.3 Å². The highest BCUT2D eigenvalue weighted by molar-refractivity contribution is 5.38. The monoisotopic (exact) mass is 253 g/mol. The Kier molecular flexibility index (Phi) is 6.43. The van der Waals surface area contributed by atoms with Gasteiger partial charge in [0.2, 0.25) is 5.88 Å². The smallest absolute Gasteiger partial charge is 0.218 e. The van der Waals surface area contributed by atoms with Crippen molar-refractivity contribution in [1.29, 1.82) is 0 Å². The highest BCUT2D eigenvalue weighted by Gasteiger charge is 2.09. The Hall–Kier alpha value is -1.36. The predicted molar refractivity (Wildman–Crippen MR) is 72.0 cm³/mol. The second-order valence-corrected chi connectivity index (χ2v) is 4.49. The molecule has 5 nitrogen and oxygen atoms in total. The zero-order valence-corrected chi connectivity index (χ0v) is 11.6. The quantitative estimate of drug-likeness (QED) is 0.771. The summed E-state index contributed by atoms with van der Waals surface area (Å²) in [5, 5.41) is 3.34. The van der Waals surface area contributed by atoms with Crippen LogP contribution in [0.25, 0.3) is 0 Å². The second-order valence-electron chi connectivity index (χ2n) is 4.49. The third-order valence-electron chi connectivity index (χ3n) is 2.36. The summed E-state index contributed by atoms with van der Waals surface area (Å²) in [5.74, 6) is 1.37. The molecular weight excluding hydrogens is 230 g/mol. The normalized spacial score (nSPS) is 12.5. The molecule has 5 heteroatoms. The summed E-state index contributed by atoms with van der Waals surface area (Å²) in [6.07, 6.45) is 3.76. The molecule has 0 radical (unpaired) electrons. The van der Waals surface area contributed by atoms with Gasteiger partial charge in [0.25, 0.3) is 0 Å². The van der Waals surface area contributed by atoms with Gasteiger partial charge < -0.3 is 14.8 Å². The van der Waals surface area contributed by atoms with Crippen LogP contribution in [0.4, 0.5) is 5.82 Å². The summed E-state index contributed by atoms with van der Waals surface area (Å²) < 4.78 is 10.7. The van der Waals surface area contributed by atoms with E-state index in [0.717, 1.165) is 18.7 Å². The van der Waals surface area contributed by atoms with Crippen molar-refractivity contribution >= 4 is 5.82 Å². The van der Waals surface area contributed by atoms with Crippen molar-refractivity contribution in [3.8, 4) is 5.88 Å². The molecule has 0 saturated heterocycles. The minimum absolute atomic E-state index is 0.109. The maximum Gasteiger partial charge on any atom is 0.218 e. The van der Waals surface area contributed by atoms with E-state index in [1.165, 1.54) is 6.33 Å². The molecule has 1 heterocycles. The third kappa shape index (κ3) is 5.31. The second kappa shape index (κ2) is 7.87. The van der Waals surface area contributed by atoms with Crippen LogP contribution in [0.3, 0.4) is 0 Å². The SMILES string of the molecule is CCCC(COC)Nc1cc(OC(C)C)ncn1. The number of rotatable bonds is 8. The van der Waals surface area contributed by atoms with E-state index in [2.05, 4.69) is 22.2 Å². The molecule has 0 aliphatic heterocycles. The standard InChI is InChI=1S/C13H23N3O2/c1-5-6-11(8-17-4)16-12-7-13(15-9-14-12)18-10(2)3/h7,9-11H,5-6,8H2,1-4H3,(H,14,15,16). The summed E-state index contributed by atoms with van der Waals surface area (Å²) in [5.41, 5.74) is 0. The van der Waals surface area contributed by atoms with E-state index >= 15 is 0 Å². The van der Waals surface area contributed by atoms with E-state index in [9.17, 15) is 0 Å². The minimum atomic E-state index is 0.109. The van der Waals surface area contributed by atoms with Gasteiger partial charge in [0.05, 0.1) is 18.8 Å². The molecule has 0 aromatic carbocycles. The Morgan fingerprint density at radius 3 is 2.72 bits per heavy atom. The van der Waals surface area contributed by atoms with Crippen LogP contribution >= 0.6 is 0 Å². The Labute approximate surface area is 109 Å². The lowest BCUT2D eigenvalue weighted by Gasteiger charge is -2.18. The lowest BCUT2D eigenvalue weighted by molar-refractivity contribution is 0.182. The van der Waals surface area contributed by atoms with Crippen LogP contribution in [-0.2, 0) is 4.74 Å². The van der Waals surface area contributed by atoms with Crippen LogP contribution in [0.5, 0.6) is 5.88 Å². The maximum absolute atomic E-state index is 5.53. The molecule has 0 fully saturated rings. The molecule has 0 spiro atoms. The molecule has 0 aliphatic rings. The van der Waals surface area contributed by atoms with E-state index in [-0.39, 0.29) is 12.1 Å². The van der Waals surface area contributed by atoms with E-state index in [1.807, 2.05) is 19.9 Å². The Morgan fingerprint density at radius 2 is 2.11 bits per heavy atom. The molecule has 0 aliphatic carbocycles. The zero-order chi connectivity index (χ0) is 13.4.